The van der Waals surface area contributed by atoms with E-state index in [1.807, 2.05) is 11.5 Å². The number of carbonyl (C=O) groups excluding carboxylic acids is 1. The van der Waals surface area contributed by atoms with Crippen LogP contribution in [0.5, 0.6) is 0 Å². The molecule has 1 aromatic rings. The first-order chi connectivity index (χ1) is 11.0. The molecule has 2 aliphatic heterocycles. The second-order valence-electron chi connectivity index (χ2n) is 6.17. The summed E-state index contributed by atoms with van der Waals surface area (Å²) in [5.41, 5.74) is 0.545. The van der Waals surface area contributed by atoms with Gasteiger partial charge in [-0.3, -0.25) is 9.69 Å². The highest BCUT2D eigenvalue weighted by molar-refractivity contribution is 6.00. The van der Waals surface area contributed by atoms with Crippen LogP contribution in [0.3, 0.4) is 0 Å². The van der Waals surface area contributed by atoms with Crippen molar-refractivity contribution in [2.75, 3.05) is 30.4 Å². The van der Waals surface area contributed by atoms with Crippen LogP contribution in [0.2, 0.25) is 0 Å². The van der Waals surface area contributed by atoms with Crippen LogP contribution in [-0.4, -0.2) is 52.0 Å². The molecule has 0 radical (unpaired) electrons. The van der Waals surface area contributed by atoms with Gasteiger partial charge in [0.15, 0.2) is 11.5 Å². The second-order valence-corrected chi connectivity index (χ2v) is 6.17. The molecule has 1 unspecified atom stereocenters. The fourth-order valence-electron chi connectivity index (χ4n) is 3.10. The normalized spacial score (nSPS) is 20.8. The number of aliphatic hydroxyl groups excluding tert-OH is 1. The third-order valence-corrected chi connectivity index (χ3v) is 4.50. The van der Waals surface area contributed by atoms with E-state index in [4.69, 9.17) is 5.26 Å². The summed E-state index contributed by atoms with van der Waals surface area (Å²) in [5, 5.41) is 22.4. The van der Waals surface area contributed by atoms with Crippen molar-refractivity contribution < 1.29 is 9.90 Å². The number of nitrogens with one attached hydrogen (secondary N) is 1. The number of anilines is 2. The number of nitrogens with zero attached hydrogens (tertiary/aromatic N) is 5. The summed E-state index contributed by atoms with van der Waals surface area (Å²) in [6.45, 7) is 3.83. The number of fused-ring (bicyclic) bond motifs is 3. The summed E-state index contributed by atoms with van der Waals surface area (Å²) >= 11 is 0. The molecule has 2 N–H and O–H groups in total. The lowest BCUT2D eigenvalue weighted by atomic mass is 10.1. The molecule has 0 saturated heterocycles. The third-order valence-electron chi connectivity index (χ3n) is 4.50. The fourth-order valence-corrected chi connectivity index (χ4v) is 3.10. The van der Waals surface area contributed by atoms with Crippen LogP contribution in [0.15, 0.2) is 0 Å². The van der Waals surface area contributed by atoms with Crippen molar-refractivity contribution in [1.29, 1.82) is 5.26 Å². The van der Waals surface area contributed by atoms with Crippen molar-refractivity contribution in [3.8, 4) is 6.07 Å². The number of amides is 1. The van der Waals surface area contributed by atoms with Crippen LogP contribution < -0.4 is 10.2 Å². The number of rotatable bonds is 5. The molecule has 2 atom stereocenters. The lowest BCUT2D eigenvalue weighted by Gasteiger charge is -2.38. The minimum absolute atomic E-state index is 0.0235. The molecule has 124 valence electrons. The fraction of sp³-hybridized carbons (Fsp3) is 0.667. The molecule has 1 aromatic heterocycles. The molecule has 3 heterocycles. The van der Waals surface area contributed by atoms with E-state index in [1.54, 1.807) is 11.9 Å². The van der Waals surface area contributed by atoms with Gasteiger partial charge in [0, 0.05) is 32.6 Å². The SMILES string of the molecule is C[C@@H](C#N)CCCCN1C(=O)c2c(nc3n2CCN3)N(C)C1O. The Bertz CT molecular complexity index is 649. The molecule has 0 saturated carbocycles. The Hall–Kier alpha value is -2.27. The minimum Gasteiger partial charge on any atom is -0.356 e. The van der Waals surface area contributed by atoms with Gasteiger partial charge >= 0.3 is 0 Å². The number of unbranched alkanes of at least 4 members (excludes halogenated alkanes) is 1. The topological polar surface area (TPSA) is 97.4 Å². The van der Waals surface area contributed by atoms with E-state index >= 15 is 0 Å². The summed E-state index contributed by atoms with van der Waals surface area (Å²) in [6.07, 6.45) is 1.42. The Morgan fingerprint density at radius 2 is 2.30 bits per heavy atom. The zero-order valence-electron chi connectivity index (χ0n) is 13.5. The van der Waals surface area contributed by atoms with Crippen molar-refractivity contribution >= 4 is 17.7 Å². The van der Waals surface area contributed by atoms with Gasteiger partial charge in [-0.1, -0.05) is 6.42 Å². The summed E-state index contributed by atoms with van der Waals surface area (Å²) in [5.74, 6) is 1.06. The lowest BCUT2D eigenvalue weighted by Crippen LogP contribution is -2.54. The van der Waals surface area contributed by atoms with Crippen LogP contribution in [-0.2, 0) is 6.54 Å². The number of hydrogen-bond donors (Lipinski definition) is 2. The first-order valence-corrected chi connectivity index (χ1v) is 8.00. The van der Waals surface area contributed by atoms with E-state index in [0.717, 1.165) is 25.8 Å². The molecule has 8 heteroatoms. The highest BCUT2D eigenvalue weighted by Gasteiger charge is 2.40. The van der Waals surface area contributed by atoms with Crippen molar-refractivity contribution in [2.24, 2.45) is 5.92 Å². The van der Waals surface area contributed by atoms with Crippen LogP contribution in [0.25, 0.3) is 0 Å². The molecule has 0 fully saturated rings. The first-order valence-electron chi connectivity index (χ1n) is 8.00. The van der Waals surface area contributed by atoms with Crippen molar-refractivity contribution in [1.82, 2.24) is 14.5 Å². The third kappa shape index (κ3) is 2.61. The highest BCUT2D eigenvalue weighted by atomic mass is 16.3. The monoisotopic (exact) mass is 318 g/mol. The molecule has 0 aromatic carbocycles. The average molecular weight is 318 g/mol. The van der Waals surface area contributed by atoms with Gasteiger partial charge < -0.3 is 19.9 Å². The maximum atomic E-state index is 12.8. The number of aliphatic hydroxyl groups is 1. The summed E-state index contributed by atoms with van der Waals surface area (Å²) in [4.78, 5) is 20.3. The van der Waals surface area contributed by atoms with E-state index in [1.165, 1.54) is 4.90 Å². The van der Waals surface area contributed by atoms with Crippen LogP contribution >= 0.6 is 0 Å². The van der Waals surface area contributed by atoms with Crippen LogP contribution in [0.4, 0.5) is 11.8 Å². The number of nitriles is 1. The molecule has 1 amide bonds. The van der Waals surface area contributed by atoms with E-state index in [-0.39, 0.29) is 11.8 Å². The van der Waals surface area contributed by atoms with Crippen molar-refractivity contribution in [3.05, 3.63) is 5.69 Å². The Kier molecular flexibility index (Phi) is 4.13. The molecular weight excluding hydrogens is 296 g/mol. The predicted molar refractivity (Wildman–Crippen MR) is 84.8 cm³/mol. The molecule has 0 aliphatic carbocycles. The van der Waals surface area contributed by atoms with E-state index < -0.39 is 6.35 Å². The molecule has 2 aliphatic rings. The van der Waals surface area contributed by atoms with E-state index in [2.05, 4.69) is 16.4 Å². The average Bonchev–Trinajstić information content (AvgIpc) is 3.12. The Balaban J connectivity index is 1.72. The quantitative estimate of drug-likeness (QED) is 0.780. The van der Waals surface area contributed by atoms with Gasteiger partial charge in [-0.05, 0) is 19.8 Å². The predicted octanol–water partition coefficient (Wildman–Crippen LogP) is 0.806. The van der Waals surface area contributed by atoms with Gasteiger partial charge in [0.05, 0.1) is 6.07 Å². The first kappa shape index (κ1) is 15.6. The lowest BCUT2D eigenvalue weighted by molar-refractivity contribution is 0.00237. The summed E-state index contributed by atoms with van der Waals surface area (Å²) in [7, 11) is 1.74. The summed E-state index contributed by atoms with van der Waals surface area (Å²) < 4.78 is 1.88. The van der Waals surface area contributed by atoms with Crippen molar-refractivity contribution in [2.45, 2.75) is 39.1 Å². The molecule has 23 heavy (non-hydrogen) atoms. The standard InChI is InChI=1S/C15H22N6O2/c1-10(9-16)5-3-4-7-21-13(22)11-12(19(2)15(21)23)18-14-17-6-8-20(11)14/h10,15,23H,3-8H2,1-2H3,(H,17,18)/t10-,15?/m1/s1. The van der Waals surface area contributed by atoms with Gasteiger partial charge in [0.25, 0.3) is 5.91 Å². The van der Waals surface area contributed by atoms with Gasteiger partial charge in [-0.15, -0.1) is 0 Å². The van der Waals surface area contributed by atoms with Crippen LogP contribution in [0, 0.1) is 17.2 Å². The summed E-state index contributed by atoms with van der Waals surface area (Å²) in [6, 6.07) is 2.21. The highest BCUT2D eigenvalue weighted by Crippen LogP contribution is 2.33. The molecule has 8 nitrogen and oxygen atoms in total. The number of carbonyl (C=O) groups is 1. The molecule has 0 bridgehead atoms. The van der Waals surface area contributed by atoms with Crippen molar-refractivity contribution in [3.63, 3.8) is 0 Å². The minimum atomic E-state index is -1.00. The maximum absolute atomic E-state index is 12.8. The van der Waals surface area contributed by atoms with E-state index in [0.29, 0.717) is 30.5 Å². The largest absolute Gasteiger partial charge is 0.356 e. The number of hydrogen-bond acceptors (Lipinski definition) is 6. The second kappa shape index (κ2) is 6.08. The van der Waals surface area contributed by atoms with Crippen LogP contribution in [0.1, 0.15) is 36.7 Å². The Morgan fingerprint density at radius 1 is 1.52 bits per heavy atom. The van der Waals surface area contributed by atoms with Gasteiger partial charge in [-0.2, -0.15) is 10.2 Å². The number of imidazole rings is 1. The molecular formula is C15H22N6O2. The molecule has 3 rings (SSSR count). The van der Waals surface area contributed by atoms with Gasteiger partial charge in [0.2, 0.25) is 12.3 Å². The van der Waals surface area contributed by atoms with Gasteiger partial charge in [0.1, 0.15) is 0 Å². The van der Waals surface area contributed by atoms with Gasteiger partial charge in [-0.25, -0.2) is 0 Å². The van der Waals surface area contributed by atoms with E-state index in [9.17, 15) is 9.90 Å². The zero-order valence-corrected chi connectivity index (χ0v) is 13.5. The smallest absolute Gasteiger partial charge is 0.277 e. The number of aromatic nitrogens is 2. The molecule has 0 spiro atoms. The Morgan fingerprint density at radius 3 is 3.04 bits per heavy atom. The Labute approximate surface area is 135 Å². The zero-order chi connectivity index (χ0) is 16.6. The maximum Gasteiger partial charge on any atom is 0.277 e.